The largest absolute Gasteiger partial charge is 0.434 e. The van der Waals surface area contributed by atoms with Gasteiger partial charge in [-0.3, -0.25) is 9.30 Å². The van der Waals surface area contributed by atoms with E-state index in [0.717, 1.165) is 12.4 Å². The molecule has 2 aliphatic heterocycles. The van der Waals surface area contributed by atoms with Gasteiger partial charge in [0.2, 0.25) is 0 Å². The Kier molecular flexibility index (Phi) is 5.50. The van der Waals surface area contributed by atoms with E-state index >= 15 is 0 Å². The van der Waals surface area contributed by atoms with Gasteiger partial charge in [0, 0.05) is 37.4 Å². The van der Waals surface area contributed by atoms with Crippen molar-refractivity contribution in [1.82, 2.24) is 24.6 Å². The summed E-state index contributed by atoms with van der Waals surface area (Å²) >= 11 is 0. The number of fused-ring (bicyclic) bond motifs is 1. The molecule has 2 unspecified atom stereocenters. The third-order valence-electron chi connectivity index (χ3n) is 5.17. The van der Waals surface area contributed by atoms with Gasteiger partial charge in [0.05, 0.1) is 19.0 Å². The molecule has 9 nitrogen and oxygen atoms in total. The van der Waals surface area contributed by atoms with Crippen molar-refractivity contribution in [2.45, 2.75) is 25.4 Å². The summed E-state index contributed by atoms with van der Waals surface area (Å²) in [6.07, 6.45) is 2.89. The molecule has 2 atom stereocenters. The number of amidine groups is 1. The second kappa shape index (κ2) is 8.12. The lowest BCUT2D eigenvalue weighted by molar-refractivity contribution is -0.141. The quantitative estimate of drug-likeness (QED) is 0.629. The van der Waals surface area contributed by atoms with E-state index in [0.29, 0.717) is 42.5 Å². The van der Waals surface area contributed by atoms with Gasteiger partial charge in [-0.1, -0.05) is 0 Å². The maximum absolute atomic E-state index is 13.1. The number of nitrogens with zero attached hydrogens (tertiary/aromatic N) is 5. The summed E-state index contributed by atoms with van der Waals surface area (Å²) < 4.78 is 46.3. The van der Waals surface area contributed by atoms with Gasteiger partial charge in [-0.15, -0.1) is 0 Å². The summed E-state index contributed by atoms with van der Waals surface area (Å²) in [5.74, 6) is 0.390. The molecule has 31 heavy (non-hydrogen) atoms. The summed E-state index contributed by atoms with van der Waals surface area (Å²) in [6.45, 7) is 3.27. The predicted molar refractivity (Wildman–Crippen MR) is 108 cm³/mol. The minimum absolute atomic E-state index is 0.282. The zero-order valence-corrected chi connectivity index (χ0v) is 16.6. The van der Waals surface area contributed by atoms with Crippen molar-refractivity contribution in [1.29, 1.82) is 5.41 Å². The van der Waals surface area contributed by atoms with Crippen molar-refractivity contribution in [3.05, 3.63) is 53.5 Å². The topological polar surface area (TPSA) is 117 Å². The number of imidazole rings is 1. The highest BCUT2D eigenvalue weighted by atomic mass is 19.4. The molecule has 4 rings (SSSR count). The summed E-state index contributed by atoms with van der Waals surface area (Å²) in [4.78, 5) is 14.3. The van der Waals surface area contributed by atoms with Crippen LogP contribution in [0, 0.1) is 5.41 Å². The van der Waals surface area contributed by atoms with Gasteiger partial charge in [-0.25, -0.2) is 15.0 Å². The molecule has 1 saturated heterocycles. The summed E-state index contributed by atoms with van der Waals surface area (Å²) in [5.41, 5.74) is 6.90. The number of rotatable bonds is 4. The van der Waals surface area contributed by atoms with Crippen LogP contribution in [0.15, 0.2) is 47.1 Å². The molecule has 2 aromatic rings. The van der Waals surface area contributed by atoms with Gasteiger partial charge < -0.3 is 21.2 Å². The van der Waals surface area contributed by atoms with E-state index in [1.807, 2.05) is 6.08 Å². The van der Waals surface area contributed by atoms with Gasteiger partial charge in [0.1, 0.15) is 18.0 Å². The minimum atomic E-state index is -4.56. The first-order chi connectivity index (χ1) is 14.8. The molecule has 0 amide bonds. The zero-order chi connectivity index (χ0) is 22.2. The number of morpholine rings is 1. The van der Waals surface area contributed by atoms with Crippen LogP contribution in [-0.4, -0.2) is 63.3 Å². The number of nitrogens with one attached hydrogen (secondary N) is 2. The van der Waals surface area contributed by atoms with E-state index in [4.69, 9.17) is 15.9 Å². The van der Waals surface area contributed by atoms with Crippen LogP contribution >= 0.6 is 0 Å². The van der Waals surface area contributed by atoms with Crippen molar-refractivity contribution in [2.24, 2.45) is 10.7 Å². The Morgan fingerprint density at radius 1 is 1.35 bits per heavy atom. The Morgan fingerprint density at radius 2 is 2.16 bits per heavy atom. The van der Waals surface area contributed by atoms with Crippen LogP contribution < -0.4 is 11.1 Å². The second-order valence-corrected chi connectivity index (χ2v) is 7.17. The van der Waals surface area contributed by atoms with Crippen LogP contribution in [0.5, 0.6) is 0 Å². The number of allylic oxidation sites excluding steroid dienone is 1. The maximum atomic E-state index is 13.1. The van der Waals surface area contributed by atoms with Crippen LogP contribution in [0.4, 0.5) is 13.2 Å². The molecule has 4 heterocycles. The normalized spacial score (nSPS) is 23.3. The van der Waals surface area contributed by atoms with Crippen LogP contribution in [0.1, 0.15) is 18.3 Å². The molecular weight excluding hydrogens is 413 g/mol. The first kappa shape index (κ1) is 21.0. The molecule has 0 radical (unpaired) electrons. The molecule has 2 aliphatic rings. The van der Waals surface area contributed by atoms with Crippen molar-refractivity contribution in [2.75, 3.05) is 19.7 Å². The lowest BCUT2D eigenvalue weighted by atomic mass is 10.1. The predicted octanol–water partition coefficient (Wildman–Crippen LogP) is 1.52. The molecule has 0 aliphatic carbocycles. The van der Waals surface area contributed by atoms with Gasteiger partial charge in [-0.2, -0.15) is 13.2 Å². The highest BCUT2D eigenvalue weighted by Gasteiger charge is 2.33. The summed E-state index contributed by atoms with van der Waals surface area (Å²) in [5, 5.41) is 10.4. The Bertz CT molecular complexity index is 1090. The van der Waals surface area contributed by atoms with E-state index in [2.05, 4.69) is 25.2 Å². The van der Waals surface area contributed by atoms with Crippen molar-refractivity contribution in [3.63, 3.8) is 0 Å². The molecule has 12 heteroatoms. The summed E-state index contributed by atoms with van der Waals surface area (Å²) in [6, 6.07) is 0. The fourth-order valence-corrected chi connectivity index (χ4v) is 3.41. The Balaban J connectivity index is 1.62. The number of nitrogens with two attached hydrogens (primary N) is 1. The molecular formula is C19H21F3N8O. The molecule has 0 aromatic carbocycles. The number of hydrogen-bond acceptors (Lipinski definition) is 8. The minimum Gasteiger partial charge on any atom is -0.400 e. The van der Waals surface area contributed by atoms with Crippen LogP contribution in [0.2, 0.25) is 0 Å². The molecule has 0 spiro atoms. The van der Waals surface area contributed by atoms with E-state index in [1.165, 1.54) is 16.8 Å². The number of aromatic nitrogens is 3. The van der Waals surface area contributed by atoms with E-state index in [-0.39, 0.29) is 17.9 Å². The van der Waals surface area contributed by atoms with Crippen molar-refractivity contribution >= 4 is 17.7 Å². The SMILES string of the molecule is CC(C=N)=C(N)C1CN(C2C=CNC(c3cnc4cnc(C(F)(F)F)cn34)=N2)CCO1. The van der Waals surface area contributed by atoms with Crippen LogP contribution in [0.3, 0.4) is 0 Å². The fraction of sp³-hybridized carbons (Fsp3) is 0.368. The van der Waals surface area contributed by atoms with Gasteiger partial charge in [-0.05, 0) is 18.6 Å². The van der Waals surface area contributed by atoms with Crippen LogP contribution in [0.25, 0.3) is 5.65 Å². The third-order valence-corrected chi connectivity index (χ3v) is 5.17. The monoisotopic (exact) mass is 434 g/mol. The summed E-state index contributed by atoms with van der Waals surface area (Å²) in [7, 11) is 0. The first-order valence-corrected chi connectivity index (χ1v) is 9.52. The average molecular weight is 434 g/mol. The second-order valence-electron chi connectivity index (χ2n) is 7.17. The smallest absolute Gasteiger partial charge is 0.400 e. The van der Waals surface area contributed by atoms with Crippen molar-refractivity contribution in [3.8, 4) is 0 Å². The highest BCUT2D eigenvalue weighted by Crippen LogP contribution is 2.27. The van der Waals surface area contributed by atoms with Gasteiger partial charge in [0.15, 0.2) is 17.2 Å². The van der Waals surface area contributed by atoms with Crippen LogP contribution in [-0.2, 0) is 10.9 Å². The number of alkyl halides is 3. The Labute approximate surface area is 175 Å². The molecule has 2 aromatic heterocycles. The number of hydrogen-bond donors (Lipinski definition) is 3. The number of aliphatic imine (C=N–C) groups is 1. The molecule has 0 saturated carbocycles. The average Bonchev–Trinajstić information content (AvgIpc) is 3.21. The van der Waals surface area contributed by atoms with E-state index < -0.39 is 11.9 Å². The van der Waals surface area contributed by atoms with Gasteiger partial charge in [0.25, 0.3) is 0 Å². The molecule has 1 fully saturated rings. The molecule has 4 N–H and O–H groups in total. The third kappa shape index (κ3) is 4.16. The van der Waals surface area contributed by atoms with E-state index in [1.54, 1.807) is 13.1 Å². The van der Waals surface area contributed by atoms with E-state index in [9.17, 15) is 13.2 Å². The lowest BCUT2D eigenvalue weighted by Crippen LogP contribution is -2.49. The van der Waals surface area contributed by atoms with Crippen molar-refractivity contribution < 1.29 is 17.9 Å². The number of ether oxygens (including phenoxy) is 1. The van der Waals surface area contributed by atoms with Gasteiger partial charge >= 0.3 is 6.18 Å². The fourth-order valence-electron chi connectivity index (χ4n) is 3.41. The lowest BCUT2D eigenvalue weighted by Gasteiger charge is -2.37. The highest BCUT2D eigenvalue weighted by molar-refractivity contribution is 5.99. The molecule has 164 valence electrons. The standard InChI is InChI=1S/C19H21F3N8O/c1-11(6-23)17(24)13-9-29(4-5-31-13)15-2-3-25-18(28-15)12-7-27-16-8-26-14(10-30(12)16)19(20,21)22/h2-3,6-8,10,13,15,23H,4-5,9,24H2,1H3,(H,25,28). The Hall–Kier alpha value is -3.25. The zero-order valence-electron chi connectivity index (χ0n) is 16.6. The Morgan fingerprint density at radius 3 is 2.90 bits per heavy atom. The molecule has 0 bridgehead atoms. The first-order valence-electron chi connectivity index (χ1n) is 9.52. The maximum Gasteiger partial charge on any atom is 0.434 e. The number of halogens is 3.